The largest absolute Gasteiger partial charge is 0.489 e. The smallest absolute Gasteiger partial charge is 0.335 e. The fourth-order valence-corrected chi connectivity index (χ4v) is 3.41. The van der Waals surface area contributed by atoms with Crippen molar-refractivity contribution in [1.29, 1.82) is 0 Å². The number of hydrogen-bond donors (Lipinski definition) is 1. The van der Waals surface area contributed by atoms with Crippen LogP contribution in [0.5, 0.6) is 5.75 Å². The lowest BCUT2D eigenvalue weighted by Gasteiger charge is -2.26. The topological polar surface area (TPSA) is 75.7 Å². The monoisotopic (exact) mass is 446 g/mol. The fraction of sp³-hybridized carbons (Fsp3) is 0.0800. The van der Waals surface area contributed by atoms with Crippen LogP contribution in [0.3, 0.4) is 0 Å². The molecule has 1 aliphatic rings. The highest BCUT2D eigenvalue weighted by atomic mass is 35.5. The Balaban J connectivity index is 1.58. The summed E-state index contributed by atoms with van der Waals surface area (Å²) in [6, 6.07) is 20.4. The number of benzene rings is 3. The van der Waals surface area contributed by atoms with Crippen LogP contribution in [0, 0.1) is 6.92 Å². The molecule has 1 aliphatic heterocycles. The molecule has 1 saturated heterocycles. The maximum Gasteiger partial charge on any atom is 0.335 e. The summed E-state index contributed by atoms with van der Waals surface area (Å²) in [6.07, 6.45) is 1.44. The first kappa shape index (κ1) is 21.3. The van der Waals surface area contributed by atoms with Gasteiger partial charge >= 0.3 is 6.03 Å². The molecule has 0 aromatic heterocycles. The minimum Gasteiger partial charge on any atom is -0.489 e. The van der Waals surface area contributed by atoms with Gasteiger partial charge in [0.15, 0.2) is 0 Å². The van der Waals surface area contributed by atoms with Crippen LogP contribution in [0.4, 0.5) is 10.5 Å². The normalized spacial score (nSPS) is 15.1. The fourth-order valence-electron chi connectivity index (χ4n) is 3.22. The van der Waals surface area contributed by atoms with Gasteiger partial charge in [0.25, 0.3) is 11.8 Å². The molecule has 0 spiro atoms. The Morgan fingerprint density at radius 2 is 1.72 bits per heavy atom. The van der Waals surface area contributed by atoms with Crippen molar-refractivity contribution in [2.45, 2.75) is 13.5 Å². The van der Waals surface area contributed by atoms with Gasteiger partial charge in [0.1, 0.15) is 17.9 Å². The molecule has 0 saturated carbocycles. The number of carbonyl (C=O) groups is 3. The number of ether oxygens (including phenoxy) is 1. The molecule has 0 radical (unpaired) electrons. The van der Waals surface area contributed by atoms with E-state index in [4.69, 9.17) is 16.3 Å². The van der Waals surface area contributed by atoms with Gasteiger partial charge in [-0.2, -0.15) is 0 Å². The van der Waals surface area contributed by atoms with Crippen molar-refractivity contribution in [3.05, 3.63) is 100 Å². The number of rotatable bonds is 5. The first-order valence-electron chi connectivity index (χ1n) is 9.87. The first-order chi connectivity index (χ1) is 15.4. The molecule has 4 rings (SSSR count). The molecule has 3 aromatic rings. The third-order valence-electron chi connectivity index (χ3n) is 4.92. The van der Waals surface area contributed by atoms with Gasteiger partial charge in [0.2, 0.25) is 0 Å². The lowest BCUT2D eigenvalue weighted by Crippen LogP contribution is -2.54. The lowest BCUT2D eigenvalue weighted by molar-refractivity contribution is -0.122. The van der Waals surface area contributed by atoms with E-state index in [1.165, 1.54) is 6.08 Å². The third-order valence-corrected chi connectivity index (χ3v) is 5.28. The van der Waals surface area contributed by atoms with Gasteiger partial charge in [-0.25, -0.2) is 9.69 Å². The summed E-state index contributed by atoms with van der Waals surface area (Å²) >= 11 is 6.16. The molecule has 4 amide bonds. The van der Waals surface area contributed by atoms with Crippen molar-refractivity contribution in [3.63, 3.8) is 0 Å². The molecule has 3 aromatic carbocycles. The highest BCUT2D eigenvalue weighted by Crippen LogP contribution is 2.24. The molecule has 1 fully saturated rings. The van der Waals surface area contributed by atoms with Crippen LogP contribution in [0.25, 0.3) is 6.08 Å². The van der Waals surface area contributed by atoms with E-state index in [1.807, 2.05) is 25.1 Å². The van der Waals surface area contributed by atoms with Gasteiger partial charge in [-0.1, -0.05) is 59.6 Å². The molecule has 1 N–H and O–H groups in total. The number of aryl methyl sites for hydroxylation is 1. The zero-order valence-electron chi connectivity index (χ0n) is 17.2. The van der Waals surface area contributed by atoms with E-state index in [0.29, 0.717) is 22.0 Å². The van der Waals surface area contributed by atoms with Crippen LogP contribution >= 0.6 is 11.6 Å². The number of barbiturate groups is 1. The quantitative estimate of drug-likeness (QED) is 0.447. The van der Waals surface area contributed by atoms with E-state index >= 15 is 0 Å². The first-order valence-corrected chi connectivity index (χ1v) is 10.2. The zero-order chi connectivity index (χ0) is 22.7. The van der Waals surface area contributed by atoms with Crippen LogP contribution in [0.15, 0.2) is 78.4 Å². The van der Waals surface area contributed by atoms with E-state index in [1.54, 1.807) is 54.6 Å². The molecule has 0 aliphatic carbocycles. The SMILES string of the molecule is Cc1ccc(N2C(=O)NC(=O)/C(=C/c3cccc(OCc4ccccc4Cl)c3)C2=O)cc1. The van der Waals surface area contributed by atoms with Crippen LogP contribution in [-0.2, 0) is 16.2 Å². The Hall–Kier alpha value is -3.90. The van der Waals surface area contributed by atoms with Crippen molar-refractivity contribution in [1.82, 2.24) is 5.32 Å². The van der Waals surface area contributed by atoms with Gasteiger partial charge in [-0.05, 0) is 48.9 Å². The maximum atomic E-state index is 13.0. The zero-order valence-corrected chi connectivity index (χ0v) is 17.9. The molecule has 160 valence electrons. The van der Waals surface area contributed by atoms with E-state index in [-0.39, 0.29) is 12.2 Å². The summed E-state index contributed by atoms with van der Waals surface area (Å²) in [5.74, 6) is -0.884. The average molecular weight is 447 g/mol. The number of halogens is 1. The minimum absolute atomic E-state index is 0.145. The van der Waals surface area contributed by atoms with Gasteiger partial charge < -0.3 is 4.74 Å². The molecule has 32 heavy (non-hydrogen) atoms. The predicted octanol–water partition coefficient (Wildman–Crippen LogP) is 4.89. The molecular formula is C25H19ClN2O4. The van der Waals surface area contributed by atoms with E-state index in [9.17, 15) is 14.4 Å². The standard InChI is InChI=1S/C25H19ClN2O4/c1-16-9-11-19(12-10-16)28-24(30)21(23(29)27-25(28)31)14-17-5-4-7-20(13-17)32-15-18-6-2-3-8-22(18)26/h2-14H,15H2,1H3,(H,27,29,31)/b21-14-. The average Bonchev–Trinajstić information content (AvgIpc) is 2.77. The van der Waals surface area contributed by atoms with E-state index < -0.39 is 17.8 Å². The lowest BCUT2D eigenvalue weighted by atomic mass is 10.1. The van der Waals surface area contributed by atoms with Crippen molar-refractivity contribution in [2.75, 3.05) is 4.90 Å². The molecule has 7 heteroatoms. The summed E-state index contributed by atoms with van der Waals surface area (Å²) in [5.41, 5.74) is 2.64. The predicted molar refractivity (Wildman–Crippen MR) is 122 cm³/mol. The number of nitrogens with zero attached hydrogens (tertiary/aromatic N) is 1. The summed E-state index contributed by atoms with van der Waals surface area (Å²) < 4.78 is 5.81. The van der Waals surface area contributed by atoms with Crippen LogP contribution in [0.1, 0.15) is 16.7 Å². The summed E-state index contributed by atoms with van der Waals surface area (Å²) in [5, 5.41) is 2.83. The Bertz CT molecular complexity index is 1230. The summed E-state index contributed by atoms with van der Waals surface area (Å²) in [6.45, 7) is 2.17. The Kier molecular flexibility index (Phi) is 6.05. The number of nitrogens with one attached hydrogen (secondary N) is 1. The van der Waals surface area contributed by atoms with E-state index in [0.717, 1.165) is 16.0 Å². The van der Waals surface area contributed by atoms with Crippen LogP contribution in [0.2, 0.25) is 5.02 Å². The minimum atomic E-state index is -0.780. The molecule has 0 unspecified atom stereocenters. The second kappa shape index (κ2) is 9.08. The van der Waals surface area contributed by atoms with Crippen molar-refractivity contribution in [2.24, 2.45) is 0 Å². The van der Waals surface area contributed by atoms with Gasteiger partial charge in [0.05, 0.1) is 5.69 Å². The van der Waals surface area contributed by atoms with Gasteiger partial charge in [-0.3, -0.25) is 14.9 Å². The Morgan fingerprint density at radius 1 is 0.969 bits per heavy atom. The molecule has 0 atom stereocenters. The summed E-state index contributed by atoms with van der Waals surface area (Å²) in [7, 11) is 0. The summed E-state index contributed by atoms with van der Waals surface area (Å²) in [4.78, 5) is 38.7. The third kappa shape index (κ3) is 4.55. The molecular weight excluding hydrogens is 428 g/mol. The van der Waals surface area contributed by atoms with Crippen molar-refractivity contribution < 1.29 is 19.1 Å². The number of urea groups is 1. The Labute approximate surface area is 190 Å². The highest BCUT2D eigenvalue weighted by molar-refractivity contribution is 6.39. The number of amides is 4. The number of hydrogen-bond acceptors (Lipinski definition) is 4. The number of anilines is 1. The van der Waals surface area contributed by atoms with Crippen LogP contribution in [-0.4, -0.2) is 17.8 Å². The molecule has 6 nitrogen and oxygen atoms in total. The van der Waals surface area contributed by atoms with E-state index in [2.05, 4.69) is 5.32 Å². The maximum absolute atomic E-state index is 13.0. The van der Waals surface area contributed by atoms with Gasteiger partial charge in [0, 0.05) is 10.6 Å². The number of carbonyl (C=O) groups excluding carboxylic acids is 3. The Morgan fingerprint density at radius 3 is 2.47 bits per heavy atom. The molecule has 0 bridgehead atoms. The highest BCUT2D eigenvalue weighted by Gasteiger charge is 2.36. The molecule has 1 heterocycles. The van der Waals surface area contributed by atoms with Gasteiger partial charge in [-0.15, -0.1) is 0 Å². The second-order valence-corrected chi connectivity index (χ2v) is 7.65. The van der Waals surface area contributed by atoms with Crippen molar-refractivity contribution >= 4 is 41.2 Å². The van der Waals surface area contributed by atoms with Crippen molar-refractivity contribution in [3.8, 4) is 5.75 Å². The second-order valence-electron chi connectivity index (χ2n) is 7.25. The van der Waals surface area contributed by atoms with Crippen LogP contribution < -0.4 is 15.0 Å². The number of imide groups is 2.